The fourth-order valence-corrected chi connectivity index (χ4v) is 9.03. The summed E-state index contributed by atoms with van der Waals surface area (Å²) in [7, 11) is -5.47. The van der Waals surface area contributed by atoms with Crippen molar-refractivity contribution in [2.75, 3.05) is 12.3 Å². The zero-order valence-corrected chi connectivity index (χ0v) is 22.6. The van der Waals surface area contributed by atoms with Crippen LogP contribution in [-0.2, 0) is 24.3 Å². The van der Waals surface area contributed by atoms with Gasteiger partial charge in [-0.05, 0) is 64.8 Å². The largest absolute Gasteiger partial charge is 0.462 e. The summed E-state index contributed by atoms with van der Waals surface area (Å²) in [6, 6.07) is 0.568. The van der Waals surface area contributed by atoms with Crippen LogP contribution in [0, 0.1) is 11.3 Å². The Morgan fingerprint density at radius 1 is 1.19 bits per heavy atom. The van der Waals surface area contributed by atoms with Gasteiger partial charge in [0.15, 0.2) is 0 Å². The fraction of sp³-hybridized carbons (Fsp3) is 0.826. The van der Waals surface area contributed by atoms with Crippen LogP contribution in [0.5, 0.6) is 0 Å². The standard InChI is InChI=1S/C23H41NO6SSi/c1-18(25)29-20-12-8-10-19-11-9-13-23(19,20)14-15-24(21(26)30-22(2,3)4)31(27,28)16-17-32(5,6)7/h9,13,19-20H,8,10-12,14-17H2,1-7H3/t19-,20?,23-/m1/s1. The minimum absolute atomic E-state index is 0.0154. The third-order valence-electron chi connectivity index (χ3n) is 6.33. The molecule has 0 aliphatic heterocycles. The van der Waals surface area contributed by atoms with Gasteiger partial charge < -0.3 is 9.47 Å². The first-order valence-corrected chi connectivity index (χ1v) is 17.0. The minimum Gasteiger partial charge on any atom is -0.462 e. The molecule has 184 valence electrons. The van der Waals surface area contributed by atoms with Crippen LogP contribution in [0.25, 0.3) is 0 Å². The molecule has 0 spiro atoms. The molecule has 3 atom stereocenters. The average molecular weight is 488 g/mol. The first-order chi connectivity index (χ1) is 14.6. The third-order valence-corrected chi connectivity index (χ3v) is 10.2. The van der Waals surface area contributed by atoms with E-state index in [0.717, 1.165) is 30.0 Å². The van der Waals surface area contributed by atoms with Crippen molar-refractivity contribution < 1.29 is 27.5 Å². The van der Waals surface area contributed by atoms with Crippen molar-refractivity contribution in [3.63, 3.8) is 0 Å². The number of rotatable bonds is 8. The Hall–Kier alpha value is -1.35. The normalized spacial score (nSPS) is 25.8. The highest BCUT2D eigenvalue weighted by atomic mass is 32.2. The zero-order chi connectivity index (χ0) is 24.4. The molecule has 0 heterocycles. The van der Waals surface area contributed by atoms with Crippen LogP contribution in [0.1, 0.15) is 59.8 Å². The summed E-state index contributed by atoms with van der Waals surface area (Å²) < 4.78 is 38.6. The summed E-state index contributed by atoms with van der Waals surface area (Å²) in [6.07, 6.45) is 7.07. The maximum absolute atomic E-state index is 13.3. The third kappa shape index (κ3) is 7.07. The molecular weight excluding hydrogens is 446 g/mol. The summed E-state index contributed by atoms with van der Waals surface area (Å²) in [5.41, 5.74) is -1.25. The monoisotopic (exact) mass is 487 g/mol. The lowest BCUT2D eigenvalue weighted by atomic mass is 9.64. The van der Waals surface area contributed by atoms with Crippen LogP contribution in [0.15, 0.2) is 12.2 Å². The lowest BCUT2D eigenvalue weighted by Crippen LogP contribution is -2.49. The fourth-order valence-electron chi connectivity index (χ4n) is 4.70. The molecule has 1 fully saturated rings. The molecule has 1 unspecified atom stereocenters. The van der Waals surface area contributed by atoms with Gasteiger partial charge in [-0.25, -0.2) is 17.5 Å². The summed E-state index contributed by atoms with van der Waals surface area (Å²) >= 11 is 0. The molecule has 0 radical (unpaired) electrons. The number of ether oxygens (including phenoxy) is 2. The van der Waals surface area contributed by atoms with Gasteiger partial charge in [0.1, 0.15) is 11.7 Å². The number of allylic oxidation sites excluding steroid dienone is 1. The van der Waals surface area contributed by atoms with E-state index in [2.05, 4.69) is 31.8 Å². The zero-order valence-electron chi connectivity index (χ0n) is 20.8. The van der Waals surface area contributed by atoms with Crippen LogP contribution >= 0.6 is 0 Å². The number of sulfonamides is 1. The summed E-state index contributed by atoms with van der Waals surface area (Å²) in [4.78, 5) is 24.7. The van der Waals surface area contributed by atoms with E-state index < -0.39 is 35.2 Å². The van der Waals surface area contributed by atoms with E-state index in [1.54, 1.807) is 20.8 Å². The van der Waals surface area contributed by atoms with Crippen molar-refractivity contribution in [1.29, 1.82) is 0 Å². The Labute approximate surface area is 195 Å². The highest BCUT2D eigenvalue weighted by Gasteiger charge is 2.50. The van der Waals surface area contributed by atoms with Gasteiger partial charge in [-0.1, -0.05) is 31.8 Å². The van der Waals surface area contributed by atoms with Gasteiger partial charge in [0.05, 0.1) is 5.75 Å². The minimum atomic E-state index is -3.84. The molecule has 9 heteroatoms. The van der Waals surface area contributed by atoms with Gasteiger partial charge in [0, 0.05) is 27.0 Å². The molecular formula is C23H41NO6SSi. The van der Waals surface area contributed by atoms with Gasteiger partial charge in [-0.15, -0.1) is 0 Å². The van der Waals surface area contributed by atoms with Gasteiger partial charge >= 0.3 is 12.1 Å². The second kappa shape index (κ2) is 9.87. The van der Waals surface area contributed by atoms with Crippen molar-refractivity contribution in [2.45, 2.75) is 97.2 Å². The molecule has 32 heavy (non-hydrogen) atoms. The van der Waals surface area contributed by atoms with E-state index in [4.69, 9.17) is 9.47 Å². The topological polar surface area (TPSA) is 90.0 Å². The summed E-state index contributed by atoms with van der Waals surface area (Å²) in [5.74, 6) is -0.116. The Bertz CT molecular complexity index is 826. The number of hydrogen-bond acceptors (Lipinski definition) is 6. The molecule has 0 saturated heterocycles. The Balaban J connectivity index is 2.30. The maximum atomic E-state index is 13.3. The summed E-state index contributed by atoms with van der Waals surface area (Å²) in [6.45, 7) is 12.9. The second-order valence-electron chi connectivity index (χ2n) is 11.4. The quantitative estimate of drug-likeness (QED) is 0.273. The van der Waals surface area contributed by atoms with Crippen molar-refractivity contribution in [1.82, 2.24) is 4.31 Å². The highest BCUT2D eigenvalue weighted by molar-refractivity contribution is 7.89. The SMILES string of the molecule is CC(=O)OC1CCC[C@@H]2CC=C[C@]12CCN(C(=O)OC(C)(C)C)S(=O)(=O)CC[Si](C)(C)C. The first kappa shape index (κ1) is 26.9. The molecule has 2 rings (SSSR count). The number of carbonyl (C=O) groups is 2. The Morgan fingerprint density at radius 2 is 1.84 bits per heavy atom. The molecule has 7 nitrogen and oxygen atoms in total. The molecule has 1 saturated carbocycles. The molecule has 2 aliphatic carbocycles. The number of carbonyl (C=O) groups excluding carboxylic acids is 2. The first-order valence-electron chi connectivity index (χ1n) is 11.6. The van der Waals surface area contributed by atoms with Gasteiger partial charge in [-0.2, -0.15) is 0 Å². The molecule has 0 aromatic rings. The lowest BCUT2D eigenvalue weighted by molar-refractivity contribution is -0.157. The van der Waals surface area contributed by atoms with Crippen LogP contribution in [0.3, 0.4) is 0 Å². The van der Waals surface area contributed by atoms with E-state index in [9.17, 15) is 18.0 Å². The number of hydrogen-bond donors (Lipinski definition) is 0. The van der Waals surface area contributed by atoms with Crippen LogP contribution < -0.4 is 0 Å². The van der Waals surface area contributed by atoms with E-state index >= 15 is 0 Å². The second-order valence-corrected chi connectivity index (χ2v) is 19.0. The van der Waals surface area contributed by atoms with Crippen molar-refractivity contribution in [3.8, 4) is 0 Å². The van der Waals surface area contributed by atoms with Crippen molar-refractivity contribution in [3.05, 3.63) is 12.2 Å². The van der Waals surface area contributed by atoms with E-state index in [1.807, 2.05) is 0 Å². The van der Waals surface area contributed by atoms with Gasteiger partial charge in [-0.3, -0.25) is 4.79 Å². The highest BCUT2D eigenvalue weighted by Crippen LogP contribution is 2.52. The molecule has 0 bridgehead atoms. The lowest BCUT2D eigenvalue weighted by Gasteiger charge is -2.45. The van der Waals surface area contributed by atoms with E-state index in [1.165, 1.54) is 6.92 Å². The molecule has 2 aliphatic rings. The molecule has 0 N–H and O–H groups in total. The number of nitrogens with zero attached hydrogens (tertiary/aromatic N) is 1. The number of esters is 1. The molecule has 0 aromatic heterocycles. The average Bonchev–Trinajstić information content (AvgIpc) is 3.02. The van der Waals surface area contributed by atoms with E-state index in [0.29, 0.717) is 12.5 Å². The number of amides is 1. The molecule has 1 amide bonds. The van der Waals surface area contributed by atoms with Crippen molar-refractivity contribution in [2.24, 2.45) is 11.3 Å². The summed E-state index contributed by atoms with van der Waals surface area (Å²) in [5, 5.41) is 0. The predicted molar refractivity (Wildman–Crippen MR) is 129 cm³/mol. The van der Waals surface area contributed by atoms with Gasteiger partial charge in [0.2, 0.25) is 10.0 Å². The molecule has 0 aromatic carbocycles. The Kier molecular flexibility index (Phi) is 8.30. The van der Waals surface area contributed by atoms with Crippen LogP contribution in [0.2, 0.25) is 25.7 Å². The van der Waals surface area contributed by atoms with E-state index in [-0.39, 0.29) is 30.3 Å². The van der Waals surface area contributed by atoms with Crippen molar-refractivity contribution >= 4 is 30.2 Å². The maximum Gasteiger partial charge on any atom is 0.424 e. The van der Waals surface area contributed by atoms with Crippen LogP contribution in [0.4, 0.5) is 4.79 Å². The number of fused-ring (bicyclic) bond motifs is 1. The predicted octanol–water partition coefficient (Wildman–Crippen LogP) is 4.96. The van der Waals surface area contributed by atoms with Crippen LogP contribution in [-0.4, -0.2) is 56.9 Å². The Morgan fingerprint density at radius 3 is 2.41 bits per heavy atom. The van der Waals surface area contributed by atoms with Gasteiger partial charge in [0.25, 0.3) is 0 Å². The smallest absolute Gasteiger partial charge is 0.424 e.